The van der Waals surface area contributed by atoms with E-state index in [4.69, 9.17) is 11.6 Å². The highest BCUT2D eigenvalue weighted by molar-refractivity contribution is 7.19. The summed E-state index contributed by atoms with van der Waals surface area (Å²) >= 11 is 7.38. The highest BCUT2D eigenvalue weighted by Gasteiger charge is 2.38. The molecular formula is C16H17ClN4O3S. The molecule has 0 bridgehead atoms. The molecule has 1 saturated heterocycles. The standard InChI is InChI=1S/C16H17ClN4O3S/c1-9(22)7-12(23)21-6-4-11(21)14(24)20-16-13(17)19-15(25-16)10-3-2-5-18-8-10/h2-3,5,8-9,11,22H,4,6-7H2,1H3,(H,20,24). The van der Waals surface area contributed by atoms with Crippen molar-refractivity contribution < 1.29 is 14.7 Å². The molecule has 0 spiro atoms. The van der Waals surface area contributed by atoms with Crippen LogP contribution in [0.2, 0.25) is 5.15 Å². The number of anilines is 1. The van der Waals surface area contributed by atoms with Crippen molar-refractivity contribution in [1.82, 2.24) is 14.9 Å². The van der Waals surface area contributed by atoms with Gasteiger partial charge < -0.3 is 15.3 Å². The highest BCUT2D eigenvalue weighted by Crippen LogP contribution is 2.35. The van der Waals surface area contributed by atoms with Gasteiger partial charge in [-0.2, -0.15) is 0 Å². The first kappa shape index (κ1) is 17.8. The van der Waals surface area contributed by atoms with Crippen molar-refractivity contribution in [2.45, 2.75) is 31.9 Å². The molecule has 25 heavy (non-hydrogen) atoms. The smallest absolute Gasteiger partial charge is 0.247 e. The number of likely N-dealkylation sites (tertiary alicyclic amines) is 1. The van der Waals surface area contributed by atoms with Crippen molar-refractivity contribution in [2.24, 2.45) is 0 Å². The van der Waals surface area contributed by atoms with Gasteiger partial charge in [0.2, 0.25) is 11.8 Å². The summed E-state index contributed by atoms with van der Waals surface area (Å²) in [6, 6.07) is 3.12. The number of rotatable bonds is 5. The Morgan fingerprint density at radius 2 is 2.36 bits per heavy atom. The third-order valence-electron chi connectivity index (χ3n) is 3.84. The Morgan fingerprint density at radius 1 is 1.56 bits per heavy atom. The van der Waals surface area contributed by atoms with E-state index < -0.39 is 12.1 Å². The van der Waals surface area contributed by atoms with Crippen molar-refractivity contribution in [1.29, 1.82) is 0 Å². The largest absolute Gasteiger partial charge is 0.393 e. The molecule has 0 saturated carbocycles. The Bertz CT molecular complexity index is 781. The van der Waals surface area contributed by atoms with E-state index in [2.05, 4.69) is 15.3 Å². The van der Waals surface area contributed by atoms with Crippen LogP contribution >= 0.6 is 22.9 Å². The number of pyridine rings is 1. The summed E-state index contributed by atoms with van der Waals surface area (Å²) in [6.45, 7) is 2.06. The molecule has 3 heterocycles. The predicted octanol–water partition coefficient (Wildman–Crippen LogP) is 2.17. The van der Waals surface area contributed by atoms with Crippen LogP contribution in [-0.4, -0.2) is 50.5 Å². The second-order valence-electron chi connectivity index (χ2n) is 5.81. The molecular weight excluding hydrogens is 364 g/mol. The van der Waals surface area contributed by atoms with Gasteiger partial charge in [0, 0.05) is 24.5 Å². The average Bonchev–Trinajstić information content (AvgIpc) is 2.87. The van der Waals surface area contributed by atoms with Gasteiger partial charge in [-0.1, -0.05) is 22.9 Å². The second-order valence-corrected chi connectivity index (χ2v) is 7.17. The van der Waals surface area contributed by atoms with Crippen LogP contribution in [0.25, 0.3) is 10.6 Å². The fraction of sp³-hybridized carbons (Fsp3) is 0.375. The first-order valence-electron chi connectivity index (χ1n) is 7.81. The lowest BCUT2D eigenvalue weighted by molar-refractivity contribution is -0.146. The maximum absolute atomic E-state index is 12.4. The van der Waals surface area contributed by atoms with Crippen LogP contribution in [0.3, 0.4) is 0 Å². The molecule has 2 amide bonds. The van der Waals surface area contributed by atoms with E-state index in [9.17, 15) is 14.7 Å². The minimum atomic E-state index is -0.727. The zero-order valence-corrected chi connectivity index (χ0v) is 15.0. The van der Waals surface area contributed by atoms with Crippen molar-refractivity contribution in [3.63, 3.8) is 0 Å². The first-order valence-corrected chi connectivity index (χ1v) is 9.00. The number of halogens is 1. The molecule has 1 aliphatic heterocycles. The number of nitrogens with zero attached hydrogens (tertiary/aromatic N) is 3. The molecule has 0 aliphatic carbocycles. The highest BCUT2D eigenvalue weighted by atomic mass is 35.5. The lowest BCUT2D eigenvalue weighted by atomic mass is 10.0. The van der Waals surface area contributed by atoms with Gasteiger partial charge in [-0.05, 0) is 25.5 Å². The van der Waals surface area contributed by atoms with Crippen LogP contribution in [-0.2, 0) is 9.59 Å². The van der Waals surface area contributed by atoms with Gasteiger partial charge in [0.1, 0.15) is 16.1 Å². The second kappa shape index (κ2) is 7.47. The van der Waals surface area contributed by atoms with E-state index in [1.807, 2.05) is 6.07 Å². The monoisotopic (exact) mass is 380 g/mol. The number of amides is 2. The Balaban J connectivity index is 1.67. The summed E-state index contributed by atoms with van der Waals surface area (Å²) in [6.07, 6.45) is 3.20. The molecule has 9 heteroatoms. The summed E-state index contributed by atoms with van der Waals surface area (Å²) in [5.74, 6) is -0.527. The number of hydrogen-bond donors (Lipinski definition) is 2. The summed E-state index contributed by atoms with van der Waals surface area (Å²) in [4.78, 5) is 34.2. The minimum Gasteiger partial charge on any atom is -0.393 e. The van der Waals surface area contributed by atoms with Gasteiger partial charge in [0.25, 0.3) is 0 Å². The lowest BCUT2D eigenvalue weighted by Crippen LogP contribution is -2.57. The molecule has 2 unspecified atom stereocenters. The van der Waals surface area contributed by atoms with Gasteiger partial charge in [-0.25, -0.2) is 4.98 Å². The molecule has 3 rings (SSSR count). The molecule has 2 atom stereocenters. The summed E-state index contributed by atoms with van der Waals surface area (Å²) in [5, 5.41) is 13.4. The van der Waals surface area contributed by atoms with Crippen LogP contribution in [0, 0.1) is 0 Å². The van der Waals surface area contributed by atoms with E-state index in [1.54, 1.807) is 25.4 Å². The molecule has 7 nitrogen and oxygen atoms in total. The zero-order valence-electron chi connectivity index (χ0n) is 13.5. The van der Waals surface area contributed by atoms with Crippen molar-refractivity contribution in [2.75, 3.05) is 11.9 Å². The van der Waals surface area contributed by atoms with E-state index in [0.717, 1.165) is 5.56 Å². The molecule has 2 aromatic rings. The van der Waals surface area contributed by atoms with E-state index in [0.29, 0.717) is 23.0 Å². The van der Waals surface area contributed by atoms with Crippen LogP contribution in [0.1, 0.15) is 19.8 Å². The quantitative estimate of drug-likeness (QED) is 0.828. The van der Waals surface area contributed by atoms with E-state index >= 15 is 0 Å². The molecule has 0 radical (unpaired) electrons. The van der Waals surface area contributed by atoms with Crippen LogP contribution in [0.4, 0.5) is 5.00 Å². The third-order valence-corrected chi connectivity index (χ3v) is 5.25. The molecule has 1 aliphatic rings. The number of carbonyl (C=O) groups is 2. The molecule has 1 fully saturated rings. The number of aliphatic hydroxyl groups excluding tert-OH is 1. The minimum absolute atomic E-state index is 0.0102. The van der Waals surface area contributed by atoms with Gasteiger partial charge in [-0.3, -0.25) is 14.6 Å². The van der Waals surface area contributed by atoms with Gasteiger partial charge in [0.15, 0.2) is 5.15 Å². The maximum atomic E-state index is 12.4. The number of thiazole rings is 1. The van der Waals surface area contributed by atoms with Crippen LogP contribution in [0.15, 0.2) is 24.5 Å². The topological polar surface area (TPSA) is 95.4 Å². The number of aliphatic hydroxyl groups is 1. The Labute approximate surface area is 153 Å². The zero-order chi connectivity index (χ0) is 18.0. The molecule has 132 valence electrons. The van der Waals surface area contributed by atoms with E-state index in [-0.39, 0.29) is 23.4 Å². The van der Waals surface area contributed by atoms with Gasteiger partial charge in [0.05, 0.1) is 12.5 Å². The summed E-state index contributed by atoms with van der Waals surface area (Å²) in [7, 11) is 0. The average molecular weight is 381 g/mol. The van der Waals surface area contributed by atoms with Crippen molar-refractivity contribution in [3.8, 4) is 10.6 Å². The van der Waals surface area contributed by atoms with Crippen LogP contribution in [0.5, 0.6) is 0 Å². The number of nitrogens with one attached hydrogen (secondary N) is 1. The fourth-order valence-electron chi connectivity index (χ4n) is 2.51. The van der Waals surface area contributed by atoms with Crippen molar-refractivity contribution >= 4 is 39.8 Å². The molecule has 2 aromatic heterocycles. The fourth-order valence-corrected chi connectivity index (χ4v) is 3.66. The Hall–Kier alpha value is -2.03. The number of aromatic nitrogens is 2. The number of carbonyl (C=O) groups excluding carboxylic acids is 2. The van der Waals surface area contributed by atoms with Gasteiger partial charge in [-0.15, -0.1) is 0 Å². The third kappa shape index (κ3) is 3.97. The molecule has 2 N–H and O–H groups in total. The Morgan fingerprint density at radius 3 is 2.96 bits per heavy atom. The lowest BCUT2D eigenvalue weighted by Gasteiger charge is -2.39. The number of hydrogen-bond acceptors (Lipinski definition) is 6. The van der Waals surface area contributed by atoms with Gasteiger partial charge >= 0.3 is 0 Å². The SMILES string of the molecule is CC(O)CC(=O)N1CCC1C(=O)Nc1sc(-c2cccnc2)nc1Cl. The van der Waals surface area contributed by atoms with Crippen molar-refractivity contribution in [3.05, 3.63) is 29.7 Å². The van der Waals surface area contributed by atoms with Crippen LogP contribution < -0.4 is 5.32 Å². The maximum Gasteiger partial charge on any atom is 0.247 e. The molecule has 0 aromatic carbocycles. The summed E-state index contributed by atoms with van der Waals surface area (Å²) in [5.41, 5.74) is 0.812. The van der Waals surface area contributed by atoms with E-state index in [1.165, 1.54) is 16.2 Å². The normalized spacial score (nSPS) is 17.7. The summed E-state index contributed by atoms with van der Waals surface area (Å²) < 4.78 is 0. The first-order chi connectivity index (χ1) is 12.0. The Kier molecular flexibility index (Phi) is 5.31. The predicted molar refractivity (Wildman–Crippen MR) is 95.4 cm³/mol.